The van der Waals surface area contributed by atoms with Gasteiger partial charge in [-0.1, -0.05) is 12.1 Å². The monoisotopic (exact) mass is 181 g/mol. The third-order valence-corrected chi connectivity index (χ3v) is 1.45. The second-order valence-corrected chi connectivity index (χ2v) is 2.41. The van der Waals surface area contributed by atoms with Crippen molar-refractivity contribution < 1.29 is 14.3 Å². The summed E-state index contributed by atoms with van der Waals surface area (Å²) in [4.78, 5) is 10.3. The van der Waals surface area contributed by atoms with E-state index in [0.29, 0.717) is 0 Å². The van der Waals surface area contributed by atoms with Crippen LogP contribution >= 0.6 is 0 Å². The molecule has 3 nitrogen and oxygen atoms in total. The zero-order chi connectivity index (χ0) is 9.84. The van der Waals surface area contributed by atoms with E-state index in [0.717, 1.165) is 12.1 Å². The van der Waals surface area contributed by atoms with Crippen molar-refractivity contribution in [1.29, 1.82) is 0 Å². The molecule has 1 aromatic carbocycles. The number of benzene rings is 1. The molecule has 0 radical (unpaired) electrons. The molecule has 1 aromatic rings. The highest BCUT2D eigenvalue weighted by atomic mass is 19.1. The first-order valence-corrected chi connectivity index (χ1v) is 3.56. The number of para-hydroxylation sites is 1. The lowest BCUT2D eigenvalue weighted by Gasteiger charge is -1.98. The molecule has 1 amide bonds. The molecular weight excluding hydrogens is 173 g/mol. The summed E-state index contributed by atoms with van der Waals surface area (Å²) in [6.45, 7) is 0. The largest absolute Gasteiger partial charge is 0.504 e. The van der Waals surface area contributed by atoms with Gasteiger partial charge in [-0.05, 0) is 12.1 Å². The smallest absolute Gasteiger partial charge is 0.241 e. The van der Waals surface area contributed by atoms with Gasteiger partial charge in [0, 0.05) is 11.6 Å². The van der Waals surface area contributed by atoms with Crippen LogP contribution in [0.5, 0.6) is 5.75 Å². The van der Waals surface area contributed by atoms with Gasteiger partial charge in [-0.15, -0.1) is 0 Å². The van der Waals surface area contributed by atoms with Crippen molar-refractivity contribution >= 4 is 12.0 Å². The zero-order valence-corrected chi connectivity index (χ0v) is 6.70. The van der Waals surface area contributed by atoms with E-state index in [1.165, 1.54) is 18.2 Å². The van der Waals surface area contributed by atoms with Gasteiger partial charge in [-0.3, -0.25) is 4.79 Å². The Morgan fingerprint density at radius 2 is 2.23 bits per heavy atom. The number of hydrogen-bond acceptors (Lipinski definition) is 2. The Kier molecular flexibility index (Phi) is 2.64. The molecule has 13 heavy (non-hydrogen) atoms. The van der Waals surface area contributed by atoms with E-state index in [9.17, 15) is 9.18 Å². The number of hydrogen-bond donors (Lipinski definition) is 2. The number of amides is 1. The predicted molar refractivity (Wildman–Crippen MR) is 46.3 cm³/mol. The minimum Gasteiger partial charge on any atom is -0.504 e. The maximum Gasteiger partial charge on any atom is 0.241 e. The SMILES string of the molecule is NC(=O)C=Cc1cccc(F)c1O. The zero-order valence-electron chi connectivity index (χ0n) is 6.70. The Hall–Kier alpha value is -1.84. The number of halogens is 1. The summed E-state index contributed by atoms with van der Waals surface area (Å²) in [7, 11) is 0. The fourth-order valence-corrected chi connectivity index (χ4v) is 0.838. The number of carbonyl (C=O) groups excluding carboxylic acids is 1. The van der Waals surface area contributed by atoms with Gasteiger partial charge in [0.25, 0.3) is 0 Å². The van der Waals surface area contributed by atoms with Crippen molar-refractivity contribution in [2.75, 3.05) is 0 Å². The number of primary amides is 1. The maximum atomic E-state index is 12.7. The maximum absolute atomic E-state index is 12.7. The van der Waals surface area contributed by atoms with Gasteiger partial charge in [0.1, 0.15) is 0 Å². The summed E-state index contributed by atoms with van der Waals surface area (Å²) in [6.07, 6.45) is 2.30. The van der Waals surface area contributed by atoms with E-state index < -0.39 is 17.5 Å². The number of phenols is 1. The first-order valence-electron chi connectivity index (χ1n) is 3.56. The van der Waals surface area contributed by atoms with Crippen molar-refractivity contribution in [3.05, 3.63) is 35.7 Å². The molecule has 0 bridgehead atoms. The molecule has 4 heteroatoms. The summed E-state index contributed by atoms with van der Waals surface area (Å²) in [5.41, 5.74) is 5.05. The van der Waals surface area contributed by atoms with Crippen molar-refractivity contribution in [2.45, 2.75) is 0 Å². The topological polar surface area (TPSA) is 63.3 Å². The van der Waals surface area contributed by atoms with Gasteiger partial charge in [0.2, 0.25) is 5.91 Å². The van der Waals surface area contributed by atoms with Gasteiger partial charge in [-0.2, -0.15) is 0 Å². The Labute approximate surface area is 74.3 Å². The van der Waals surface area contributed by atoms with Crippen molar-refractivity contribution in [1.82, 2.24) is 0 Å². The standard InChI is InChI=1S/C9H8FNO2/c10-7-3-1-2-6(9(7)13)4-5-8(11)12/h1-5,13H,(H2,11,12). The molecule has 0 saturated heterocycles. The molecule has 0 aliphatic rings. The van der Waals surface area contributed by atoms with Crippen molar-refractivity contribution in [3.8, 4) is 5.75 Å². The van der Waals surface area contributed by atoms with E-state index in [4.69, 9.17) is 10.8 Å². The Morgan fingerprint density at radius 3 is 2.85 bits per heavy atom. The molecule has 3 N–H and O–H groups in total. The molecular formula is C9H8FNO2. The van der Waals surface area contributed by atoms with Gasteiger partial charge >= 0.3 is 0 Å². The quantitative estimate of drug-likeness (QED) is 0.669. The highest BCUT2D eigenvalue weighted by Gasteiger charge is 2.02. The Balaban J connectivity index is 3.02. The number of carbonyl (C=O) groups is 1. The van der Waals surface area contributed by atoms with Gasteiger partial charge in [0.05, 0.1) is 0 Å². The lowest BCUT2D eigenvalue weighted by Crippen LogP contribution is -2.05. The lowest BCUT2D eigenvalue weighted by molar-refractivity contribution is -0.113. The first kappa shape index (κ1) is 9.25. The Morgan fingerprint density at radius 1 is 1.54 bits per heavy atom. The lowest BCUT2D eigenvalue weighted by atomic mass is 10.2. The predicted octanol–water partition coefficient (Wildman–Crippen LogP) is 1.03. The molecule has 0 spiro atoms. The van der Waals surface area contributed by atoms with Crippen LogP contribution in [0.3, 0.4) is 0 Å². The van der Waals surface area contributed by atoms with Crippen LogP contribution in [-0.4, -0.2) is 11.0 Å². The summed E-state index contributed by atoms with van der Waals surface area (Å²) in [5, 5.41) is 9.13. The second kappa shape index (κ2) is 3.71. The van der Waals surface area contributed by atoms with Crippen LogP contribution < -0.4 is 5.73 Å². The average molecular weight is 181 g/mol. The molecule has 1 rings (SSSR count). The number of rotatable bonds is 2. The van der Waals surface area contributed by atoms with Crippen LogP contribution in [0, 0.1) is 5.82 Å². The third-order valence-electron chi connectivity index (χ3n) is 1.45. The van der Waals surface area contributed by atoms with Crippen LogP contribution in [0.15, 0.2) is 24.3 Å². The van der Waals surface area contributed by atoms with Crippen molar-refractivity contribution in [2.24, 2.45) is 5.73 Å². The molecule has 68 valence electrons. The highest BCUT2D eigenvalue weighted by Crippen LogP contribution is 2.21. The molecule has 0 fully saturated rings. The summed E-state index contributed by atoms with van der Waals surface area (Å²) in [5.74, 6) is -1.87. The first-order chi connectivity index (χ1) is 6.11. The van der Waals surface area contributed by atoms with Crippen LogP contribution in [0.1, 0.15) is 5.56 Å². The second-order valence-electron chi connectivity index (χ2n) is 2.41. The fourth-order valence-electron chi connectivity index (χ4n) is 0.838. The van der Waals surface area contributed by atoms with Crippen LogP contribution in [0.25, 0.3) is 6.08 Å². The molecule has 0 aliphatic heterocycles. The van der Waals surface area contributed by atoms with Gasteiger partial charge in [0.15, 0.2) is 11.6 Å². The minimum atomic E-state index is -0.730. The molecule has 0 saturated carbocycles. The number of aromatic hydroxyl groups is 1. The number of phenolic OH excluding ortho intramolecular Hbond substituents is 1. The fraction of sp³-hybridized carbons (Fsp3) is 0. The molecule has 0 heterocycles. The molecule has 0 aromatic heterocycles. The molecule has 0 aliphatic carbocycles. The normalized spacial score (nSPS) is 10.5. The van der Waals surface area contributed by atoms with E-state index in [1.807, 2.05) is 0 Å². The highest BCUT2D eigenvalue weighted by molar-refractivity contribution is 5.90. The van der Waals surface area contributed by atoms with E-state index in [1.54, 1.807) is 0 Å². The summed E-state index contributed by atoms with van der Waals surface area (Å²) in [6, 6.07) is 4.02. The van der Waals surface area contributed by atoms with Gasteiger partial charge < -0.3 is 10.8 Å². The summed E-state index contributed by atoms with van der Waals surface area (Å²) >= 11 is 0. The third kappa shape index (κ3) is 2.30. The van der Waals surface area contributed by atoms with Crippen LogP contribution in [0.2, 0.25) is 0 Å². The van der Waals surface area contributed by atoms with Crippen molar-refractivity contribution in [3.63, 3.8) is 0 Å². The van der Waals surface area contributed by atoms with Gasteiger partial charge in [-0.25, -0.2) is 4.39 Å². The molecule has 0 unspecified atom stereocenters. The van der Waals surface area contributed by atoms with Crippen LogP contribution in [-0.2, 0) is 4.79 Å². The van der Waals surface area contributed by atoms with E-state index >= 15 is 0 Å². The number of nitrogens with two attached hydrogens (primary N) is 1. The summed E-state index contributed by atoms with van der Waals surface area (Å²) < 4.78 is 12.7. The Bertz CT molecular complexity index is 361. The van der Waals surface area contributed by atoms with E-state index in [-0.39, 0.29) is 5.56 Å². The van der Waals surface area contributed by atoms with E-state index in [2.05, 4.69) is 0 Å². The average Bonchev–Trinajstić information content (AvgIpc) is 2.07. The minimum absolute atomic E-state index is 0.221. The molecule has 0 atom stereocenters. The van der Waals surface area contributed by atoms with Crippen LogP contribution in [0.4, 0.5) is 4.39 Å².